The first-order chi connectivity index (χ1) is 6.24. The molecule has 1 heterocycles. The molecule has 2 N–H and O–H groups in total. The Morgan fingerprint density at radius 3 is 3.00 bits per heavy atom. The smallest absolute Gasteiger partial charge is 0.213 e. The van der Waals surface area contributed by atoms with Gasteiger partial charge in [0.15, 0.2) is 0 Å². The Balaban J connectivity index is 2.60. The van der Waals surface area contributed by atoms with Crippen molar-refractivity contribution in [3.05, 3.63) is 29.8 Å². The third-order valence-electron chi connectivity index (χ3n) is 2.05. The topological polar surface area (TPSA) is 38.9 Å². The van der Waals surface area contributed by atoms with Gasteiger partial charge in [-0.1, -0.05) is 19.8 Å². The van der Waals surface area contributed by atoms with E-state index in [2.05, 4.69) is 11.9 Å². The van der Waals surface area contributed by atoms with Crippen LogP contribution in [0.5, 0.6) is 0 Å². The monoisotopic (exact) mass is 182 g/mol. The van der Waals surface area contributed by atoms with Gasteiger partial charge in [0.1, 0.15) is 0 Å². The number of pyridine rings is 1. The van der Waals surface area contributed by atoms with Crippen molar-refractivity contribution in [3.63, 3.8) is 0 Å². The molecule has 0 aliphatic carbocycles. The van der Waals surface area contributed by atoms with E-state index in [0.29, 0.717) is 0 Å². The molecule has 1 atom stereocenters. The first-order valence-corrected chi connectivity index (χ1v) is 4.61. The zero-order valence-electron chi connectivity index (χ0n) is 7.83. The number of aromatic nitrogens is 1. The maximum absolute atomic E-state index is 12.7. The summed E-state index contributed by atoms with van der Waals surface area (Å²) in [4.78, 5) is 3.48. The van der Waals surface area contributed by atoms with Gasteiger partial charge in [0, 0.05) is 12.2 Å². The molecular formula is C10H15FN2. The Morgan fingerprint density at radius 1 is 1.62 bits per heavy atom. The molecule has 0 saturated carbocycles. The molecule has 0 aliphatic rings. The molecule has 0 radical (unpaired) electrons. The highest BCUT2D eigenvalue weighted by atomic mass is 19.1. The Bertz CT molecular complexity index is 263. The van der Waals surface area contributed by atoms with Crippen molar-refractivity contribution in [3.8, 4) is 0 Å². The van der Waals surface area contributed by atoms with E-state index in [1.807, 2.05) is 0 Å². The summed E-state index contributed by atoms with van der Waals surface area (Å²) in [5.41, 5.74) is 6.69. The number of halogens is 1. The van der Waals surface area contributed by atoms with Crippen molar-refractivity contribution < 1.29 is 4.39 Å². The van der Waals surface area contributed by atoms with Crippen LogP contribution < -0.4 is 5.73 Å². The second-order valence-electron chi connectivity index (χ2n) is 3.16. The molecular weight excluding hydrogens is 167 g/mol. The van der Waals surface area contributed by atoms with Crippen LogP contribution in [0.15, 0.2) is 18.3 Å². The molecule has 2 nitrogen and oxygen atoms in total. The van der Waals surface area contributed by atoms with Crippen LogP contribution in [0.1, 0.15) is 37.8 Å². The van der Waals surface area contributed by atoms with Gasteiger partial charge in [0.25, 0.3) is 0 Å². The van der Waals surface area contributed by atoms with Crippen molar-refractivity contribution in [2.45, 2.75) is 32.2 Å². The number of hydrogen-bond acceptors (Lipinski definition) is 2. The van der Waals surface area contributed by atoms with Crippen LogP contribution in [-0.2, 0) is 0 Å². The predicted molar refractivity (Wildman–Crippen MR) is 50.6 cm³/mol. The lowest BCUT2D eigenvalue weighted by molar-refractivity contribution is 0.564. The van der Waals surface area contributed by atoms with E-state index in [1.54, 1.807) is 6.07 Å². The van der Waals surface area contributed by atoms with Crippen LogP contribution in [0.4, 0.5) is 4.39 Å². The number of nitrogens with zero attached hydrogens (tertiary/aromatic N) is 1. The van der Waals surface area contributed by atoms with Gasteiger partial charge in [-0.2, -0.15) is 4.39 Å². The highest BCUT2D eigenvalue weighted by molar-refractivity contribution is 5.14. The maximum atomic E-state index is 12.7. The predicted octanol–water partition coefficient (Wildman–Crippen LogP) is 2.41. The lowest BCUT2D eigenvalue weighted by Crippen LogP contribution is -2.10. The van der Waals surface area contributed by atoms with Crippen LogP contribution in [0.3, 0.4) is 0 Å². The molecule has 0 bridgehead atoms. The van der Waals surface area contributed by atoms with Crippen LogP contribution in [-0.4, -0.2) is 4.98 Å². The maximum Gasteiger partial charge on any atom is 0.213 e. The molecule has 0 aliphatic heterocycles. The van der Waals surface area contributed by atoms with Gasteiger partial charge in [-0.15, -0.1) is 0 Å². The van der Waals surface area contributed by atoms with E-state index >= 15 is 0 Å². The average Bonchev–Trinajstić information content (AvgIpc) is 2.14. The summed E-state index contributed by atoms with van der Waals surface area (Å²) in [7, 11) is 0. The van der Waals surface area contributed by atoms with Gasteiger partial charge >= 0.3 is 0 Å². The van der Waals surface area contributed by atoms with Crippen molar-refractivity contribution in [1.82, 2.24) is 4.98 Å². The minimum atomic E-state index is -0.454. The molecule has 0 unspecified atom stereocenters. The summed E-state index contributed by atoms with van der Waals surface area (Å²) >= 11 is 0. The lowest BCUT2D eigenvalue weighted by Gasteiger charge is -2.10. The molecule has 1 aromatic rings. The third kappa shape index (κ3) is 3.11. The zero-order valence-corrected chi connectivity index (χ0v) is 7.83. The molecule has 0 saturated heterocycles. The molecule has 1 rings (SSSR count). The largest absolute Gasteiger partial charge is 0.324 e. The number of nitrogens with two attached hydrogens (primary N) is 1. The van der Waals surface area contributed by atoms with Gasteiger partial charge in [0.2, 0.25) is 5.95 Å². The molecule has 0 spiro atoms. The third-order valence-corrected chi connectivity index (χ3v) is 2.05. The fourth-order valence-electron chi connectivity index (χ4n) is 1.24. The van der Waals surface area contributed by atoms with Gasteiger partial charge in [-0.05, 0) is 24.1 Å². The molecule has 1 aromatic heterocycles. The standard InChI is InChI=1S/C10H15FN2/c1-2-3-4-9(12)8-5-6-13-10(11)7-8/h5-7,9H,2-4,12H2,1H3/t9-/m1/s1. The highest BCUT2D eigenvalue weighted by Crippen LogP contribution is 2.16. The molecule has 72 valence electrons. The van der Waals surface area contributed by atoms with Crippen molar-refractivity contribution in [2.24, 2.45) is 5.73 Å². The van der Waals surface area contributed by atoms with Gasteiger partial charge < -0.3 is 5.73 Å². The van der Waals surface area contributed by atoms with Crippen molar-refractivity contribution >= 4 is 0 Å². The van der Waals surface area contributed by atoms with E-state index in [1.165, 1.54) is 12.3 Å². The fraction of sp³-hybridized carbons (Fsp3) is 0.500. The average molecular weight is 182 g/mol. The van der Waals surface area contributed by atoms with Crippen LogP contribution in [0, 0.1) is 5.95 Å². The summed E-state index contributed by atoms with van der Waals surface area (Å²) < 4.78 is 12.7. The Morgan fingerprint density at radius 2 is 2.38 bits per heavy atom. The normalized spacial score (nSPS) is 12.8. The van der Waals surface area contributed by atoms with E-state index < -0.39 is 5.95 Å². The minimum Gasteiger partial charge on any atom is -0.324 e. The Hall–Kier alpha value is -0.960. The van der Waals surface area contributed by atoms with Gasteiger partial charge in [-0.25, -0.2) is 4.98 Å². The Kier molecular flexibility index (Phi) is 3.83. The zero-order chi connectivity index (χ0) is 9.68. The molecule has 3 heteroatoms. The van der Waals surface area contributed by atoms with E-state index in [4.69, 9.17) is 5.73 Å². The summed E-state index contributed by atoms with van der Waals surface area (Å²) in [5, 5.41) is 0. The van der Waals surface area contributed by atoms with Crippen LogP contribution >= 0.6 is 0 Å². The van der Waals surface area contributed by atoms with E-state index in [9.17, 15) is 4.39 Å². The molecule has 0 aromatic carbocycles. The van der Waals surface area contributed by atoms with Crippen LogP contribution in [0.25, 0.3) is 0 Å². The fourth-order valence-corrected chi connectivity index (χ4v) is 1.24. The second kappa shape index (κ2) is 4.92. The van der Waals surface area contributed by atoms with E-state index in [-0.39, 0.29) is 6.04 Å². The first kappa shape index (κ1) is 10.1. The van der Waals surface area contributed by atoms with Crippen LogP contribution in [0.2, 0.25) is 0 Å². The highest BCUT2D eigenvalue weighted by Gasteiger charge is 2.05. The van der Waals surface area contributed by atoms with Crippen molar-refractivity contribution in [1.29, 1.82) is 0 Å². The summed E-state index contributed by atoms with van der Waals surface area (Å²) in [6.07, 6.45) is 4.54. The molecule has 0 amide bonds. The SMILES string of the molecule is CCCC[C@@H](N)c1ccnc(F)c1. The Labute approximate surface area is 78.0 Å². The number of hydrogen-bond donors (Lipinski definition) is 1. The number of unbranched alkanes of at least 4 members (excludes halogenated alkanes) is 1. The summed E-state index contributed by atoms with van der Waals surface area (Å²) in [5.74, 6) is -0.454. The van der Waals surface area contributed by atoms with E-state index in [0.717, 1.165) is 24.8 Å². The van der Waals surface area contributed by atoms with Gasteiger partial charge in [0.05, 0.1) is 0 Å². The van der Waals surface area contributed by atoms with Crippen molar-refractivity contribution in [2.75, 3.05) is 0 Å². The molecule has 0 fully saturated rings. The lowest BCUT2D eigenvalue weighted by atomic mass is 10.0. The summed E-state index contributed by atoms with van der Waals surface area (Å²) in [6, 6.07) is 3.11. The van der Waals surface area contributed by atoms with Gasteiger partial charge in [-0.3, -0.25) is 0 Å². The number of rotatable bonds is 4. The minimum absolute atomic E-state index is 0.0579. The first-order valence-electron chi connectivity index (χ1n) is 4.61. The molecule has 13 heavy (non-hydrogen) atoms. The quantitative estimate of drug-likeness (QED) is 0.726. The second-order valence-corrected chi connectivity index (χ2v) is 3.16. The summed E-state index contributed by atoms with van der Waals surface area (Å²) in [6.45, 7) is 2.11.